The van der Waals surface area contributed by atoms with Crippen molar-refractivity contribution in [2.24, 2.45) is 0 Å². The molecule has 1 atom stereocenters. The van der Waals surface area contributed by atoms with Crippen LogP contribution in [0.25, 0.3) is 6.08 Å². The highest BCUT2D eigenvalue weighted by atomic mass is 79.9. The number of rotatable bonds is 7. The van der Waals surface area contributed by atoms with Crippen LogP contribution in [0.2, 0.25) is 0 Å². The molecule has 2 aromatic carbocycles. The van der Waals surface area contributed by atoms with Crippen LogP contribution in [0, 0.1) is 0 Å². The van der Waals surface area contributed by atoms with Crippen molar-refractivity contribution in [2.75, 3.05) is 13.1 Å². The molecule has 0 aliphatic rings. The summed E-state index contributed by atoms with van der Waals surface area (Å²) in [6.07, 6.45) is -12.7. The molecule has 2 rings (SSSR count). The minimum Gasteiger partial charge on any atom is -0.345 e. The maximum absolute atomic E-state index is 13.6. The summed E-state index contributed by atoms with van der Waals surface area (Å²) in [6.45, 7) is -2.33. The number of benzene rings is 2. The van der Waals surface area contributed by atoms with Gasteiger partial charge in [0.05, 0.1) is 23.6 Å². The summed E-state index contributed by atoms with van der Waals surface area (Å²) < 4.78 is 116. The average Bonchev–Trinajstić information content (AvgIpc) is 2.74. The van der Waals surface area contributed by atoms with Gasteiger partial charge in [0.15, 0.2) is 0 Å². The van der Waals surface area contributed by atoms with Gasteiger partial charge in [0.2, 0.25) is 5.91 Å². The smallest absolute Gasteiger partial charge is 0.345 e. The monoisotopic (exact) mass is 590 g/mol. The van der Waals surface area contributed by atoms with Crippen molar-refractivity contribution < 1.29 is 49.1 Å². The number of nitrogens with one attached hydrogen (secondary N) is 2. The maximum Gasteiger partial charge on any atom is 0.416 e. The zero-order valence-electron chi connectivity index (χ0n) is 17.8. The predicted octanol–water partition coefficient (Wildman–Crippen LogP) is 6.24. The normalized spacial score (nSPS) is 13.5. The molecule has 0 fully saturated rings. The summed E-state index contributed by atoms with van der Waals surface area (Å²) in [7, 11) is 0. The lowest BCUT2D eigenvalue weighted by Gasteiger charge is -2.18. The minimum atomic E-state index is -4.90. The minimum absolute atomic E-state index is 0.0685. The highest BCUT2D eigenvalue weighted by molar-refractivity contribution is 9.10. The third kappa shape index (κ3) is 8.88. The summed E-state index contributed by atoms with van der Waals surface area (Å²) >= 11 is 3.04. The summed E-state index contributed by atoms with van der Waals surface area (Å²) in [5.74, 6) is -4.29. The number of hydrogen-bond acceptors (Lipinski definition) is 2. The van der Waals surface area contributed by atoms with Crippen LogP contribution in [0.4, 0.5) is 39.5 Å². The predicted molar refractivity (Wildman–Crippen MR) is 115 cm³/mol. The zero-order chi connectivity index (χ0) is 27.3. The number of alkyl halides is 9. The van der Waals surface area contributed by atoms with E-state index >= 15 is 0 Å². The van der Waals surface area contributed by atoms with Gasteiger partial charge in [-0.2, -0.15) is 39.5 Å². The Bertz CT molecular complexity index is 1130. The lowest BCUT2D eigenvalue weighted by molar-refractivity contribution is -0.142. The Balaban J connectivity index is 2.15. The molecule has 0 aromatic heterocycles. The van der Waals surface area contributed by atoms with E-state index < -0.39 is 60.5 Å². The first kappa shape index (κ1) is 29.2. The molecular formula is C22H16BrF9N2O2. The first-order chi connectivity index (χ1) is 16.5. The van der Waals surface area contributed by atoms with Gasteiger partial charge in [0.25, 0.3) is 5.91 Å². The molecule has 0 heterocycles. The summed E-state index contributed by atoms with van der Waals surface area (Å²) in [4.78, 5) is 23.6. The van der Waals surface area contributed by atoms with E-state index in [2.05, 4.69) is 21.2 Å². The van der Waals surface area contributed by atoms with E-state index in [4.69, 9.17) is 0 Å². The lowest BCUT2D eigenvalue weighted by Crippen LogP contribution is -2.40. The van der Waals surface area contributed by atoms with E-state index in [0.717, 1.165) is 18.2 Å². The molecular weight excluding hydrogens is 575 g/mol. The van der Waals surface area contributed by atoms with Gasteiger partial charge in [0.1, 0.15) is 6.54 Å². The van der Waals surface area contributed by atoms with Crippen LogP contribution in [0.15, 0.2) is 53.0 Å². The van der Waals surface area contributed by atoms with Gasteiger partial charge in [-0.25, -0.2) is 0 Å². The Kier molecular flexibility index (Phi) is 9.21. The molecule has 2 N–H and O–H groups in total. The SMILES string of the molecule is O=C(CNC(=O)c1ccc(/C=C/C(c2cccc(C(F)(F)F)c2)C(F)(F)F)cc1Br)NCC(F)(F)F. The number of amides is 2. The van der Waals surface area contributed by atoms with Crippen molar-refractivity contribution in [3.8, 4) is 0 Å². The summed E-state index contributed by atoms with van der Waals surface area (Å²) in [6, 6.07) is 6.52. The Labute approximate surface area is 206 Å². The highest BCUT2D eigenvalue weighted by Crippen LogP contribution is 2.39. The molecule has 0 saturated carbocycles. The molecule has 0 radical (unpaired) electrons. The summed E-state index contributed by atoms with van der Waals surface area (Å²) in [5, 5.41) is 3.66. The fourth-order valence-electron chi connectivity index (χ4n) is 2.86. The quantitative estimate of drug-likeness (QED) is 0.375. The Morgan fingerprint density at radius 3 is 2.14 bits per heavy atom. The van der Waals surface area contributed by atoms with Crippen molar-refractivity contribution in [2.45, 2.75) is 24.4 Å². The standard InChI is InChI=1S/C22H16BrF9N2O2/c23-17-8-12(4-6-15(17)19(36)33-10-18(35)34-11-20(24,25)26)5-7-16(22(30,31)32)13-2-1-3-14(9-13)21(27,28)29/h1-9,16H,10-11H2,(H,33,36)(H,34,35)/b7-5+. The highest BCUT2D eigenvalue weighted by Gasteiger charge is 2.40. The largest absolute Gasteiger partial charge is 0.416 e. The molecule has 2 aromatic rings. The van der Waals surface area contributed by atoms with E-state index in [0.29, 0.717) is 18.2 Å². The second kappa shape index (κ2) is 11.4. The molecule has 14 heteroatoms. The Morgan fingerprint density at radius 2 is 1.58 bits per heavy atom. The van der Waals surface area contributed by atoms with Crippen LogP contribution < -0.4 is 10.6 Å². The number of allylic oxidation sites excluding steroid dienone is 1. The van der Waals surface area contributed by atoms with Crippen molar-refractivity contribution in [3.63, 3.8) is 0 Å². The van der Waals surface area contributed by atoms with Crippen LogP contribution in [-0.4, -0.2) is 37.3 Å². The fraction of sp³-hybridized carbons (Fsp3) is 0.273. The number of carbonyl (C=O) groups excluding carboxylic acids is 2. The molecule has 0 bridgehead atoms. The first-order valence-electron chi connectivity index (χ1n) is 9.80. The lowest BCUT2D eigenvalue weighted by atomic mass is 9.95. The third-order valence-electron chi connectivity index (χ3n) is 4.54. The Morgan fingerprint density at radius 1 is 0.917 bits per heavy atom. The van der Waals surface area contributed by atoms with E-state index in [-0.39, 0.29) is 15.6 Å². The molecule has 0 saturated heterocycles. The van der Waals surface area contributed by atoms with Gasteiger partial charge in [-0.1, -0.05) is 36.4 Å². The molecule has 1 unspecified atom stereocenters. The Hall–Kier alpha value is -3.03. The summed E-state index contributed by atoms with van der Waals surface area (Å²) in [5.41, 5.74) is -1.76. The van der Waals surface area contributed by atoms with E-state index in [9.17, 15) is 49.1 Å². The second-order valence-corrected chi connectivity index (χ2v) is 8.17. The molecule has 36 heavy (non-hydrogen) atoms. The van der Waals surface area contributed by atoms with Crippen molar-refractivity contribution in [1.29, 1.82) is 0 Å². The van der Waals surface area contributed by atoms with Crippen molar-refractivity contribution in [3.05, 3.63) is 75.3 Å². The molecule has 2 amide bonds. The van der Waals surface area contributed by atoms with E-state index in [1.54, 1.807) is 5.32 Å². The van der Waals surface area contributed by atoms with Crippen LogP contribution in [-0.2, 0) is 11.0 Å². The van der Waals surface area contributed by atoms with Crippen molar-refractivity contribution >= 4 is 33.8 Å². The van der Waals surface area contributed by atoms with E-state index in [1.807, 2.05) is 0 Å². The van der Waals surface area contributed by atoms with Crippen LogP contribution >= 0.6 is 15.9 Å². The molecule has 4 nitrogen and oxygen atoms in total. The van der Waals surface area contributed by atoms with Crippen LogP contribution in [0.1, 0.15) is 33.0 Å². The zero-order valence-corrected chi connectivity index (χ0v) is 19.4. The van der Waals surface area contributed by atoms with Crippen LogP contribution in [0.5, 0.6) is 0 Å². The van der Waals surface area contributed by atoms with Gasteiger partial charge in [-0.3, -0.25) is 9.59 Å². The first-order valence-corrected chi connectivity index (χ1v) is 10.6. The molecule has 0 aliphatic heterocycles. The third-order valence-corrected chi connectivity index (χ3v) is 5.20. The second-order valence-electron chi connectivity index (χ2n) is 7.32. The number of carbonyl (C=O) groups is 2. The van der Waals surface area contributed by atoms with Gasteiger partial charge in [0, 0.05) is 4.47 Å². The van der Waals surface area contributed by atoms with E-state index in [1.165, 1.54) is 18.2 Å². The number of hydrogen-bond donors (Lipinski definition) is 2. The fourth-order valence-corrected chi connectivity index (χ4v) is 3.44. The van der Waals surface area contributed by atoms with Gasteiger partial charge >= 0.3 is 18.5 Å². The average molecular weight is 591 g/mol. The molecule has 196 valence electrons. The topological polar surface area (TPSA) is 58.2 Å². The van der Waals surface area contributed by atoms with Crippen molar-refractivity contribution in [1.82, 2.24) is 10.6 Å². The maximum atomic E-state index is 13.6. The van der Waals surface area contributed by atoms with Crippen LogP contribution in [0.3, 0.4) is 0 Å². The van der Waals surface area contributed by atoms with Gasteiger partial charge < -0.3 is 10.6 Å². The molecule has 0 aliphatic carbocycles. The van der Waals surface area contributed by atoms with Gasteiger partial charge in [-0.15, -0.1) is 0 Å². The van der Waals surface area contributed by atoms with Gasteiger partial charge in [-0.05, 0) is 45.3 Å². The molecule has 0 spiro atoms. The number of halogens is 10.